The smallest absolute Gasteiger partial charge is 0.277 e. The predicted molar refractivity (Wildman–Crippen MR) is 44.8 cm³/mol. The minimum Gasteiger partial charge on any atom is -0.396 e. The lowest BCUT2D eigenvalue weighted by Crippen LogP contribution is -2.38. The highest BCUT2D eigenvalue weighted by molar-refractivity contribution is 7.87. The molecule has 1 saturated carbocycles. The van der Waals surface area contributed by atoms with Gasteiger partial charge in [-0.05, 0) is 19.3 Å². The highest BCUT2D eigenvalue weighted by Crippen LogP contribution is 2.19. The molecule has 0 atom stereocenters. The zero-order valence-corrected chi connectivity index (χ0v) is 7.60. The highest BCUT2D eigenvalue weighted by atomic mass is 32.2. The SMILES string of the molecule is O=S(=O)(NCCCO)NC1CC1. The summed E-state index contributed by atoms with van der Waals surface area (Å²) in [5.41, 5.74) is 0. The van der Waals surface area contributed by atoms with Crippen LogP contribution in [0.5, 0.6) is 0 Å². The van der Waals surface area contributed by atoms with Crippen LogP contribution < -0.4 is 9.44 Å². The molecule has 0 amide bonds. The van der Waals surface area contributed by atoms with Gasteiger partial charge in [-0.1, -0.05) is 0 Å². The molecule has 1 rings (SSSR count). The summed E-state index contributed by atoms with van der Waals surface area (Å²) in [6, 6.07) is 0.136. The first kappa shape index (κ1) is 9.91. The molecule has 6 heteroatoms. The summed E-state index contributed by atoms with van der Waals surface area (Å²) in [7, 11) is -3.30. The number of aliphatic hydroxyl groups is 1. The third-order valence-corrected chi connectivity index (χ3v) is 2.75. The molecule has 0 radical (unpaired) electrons. The molecular formula is C6H14N2O3S. The Bertz CT molecular complexity index is 223. The summed E-state index contributed by atoms with van der Waals surface area (Å²) >= 11 is 0. The van der Waals surface area contributed by atoms with Crippen LogP contribution in [0.3, 0.4) is 0 Å². The normalized spacial score (nSPS) is 18.1. The summed E-state index contributed by atoms with van der Waals surface area (Å²) in [4.78, 5) is 0. The molecule has 0 aliphatic heterocycles. The van der Waals surface area contributed by atoms with Crippen LogP contribution in [0.4, 0.5) is 0 Å². The van der Waals surface area contributed by atoms with Crippen LogP contribution in [-0.4, -0.2) is 32.7 Å². The molecule has 0 bridgehead atoms. The molecule has 0 aromatic carbocycles. The first-order chi connectivity index (χ1) is 5.64. The summed E-state index contributed by atoms with van der Waals surface area (Å²) in [5, 5.41) is 8.40. The summed E-state index contributed by atoms with van der Waals surface area (Å²) in [6.07, 6.45) is 2.31. The van der Waals surface area contributed by atoms with Crippen molar-refractivity contribution in [1.29, 1.82) is 0 Å². The molecule has 5 nitrogen and oxygen atoms in total. The van der Waals surface area contributed by atoms with E-state index < -0.39 is 10.2 Å². The van der Waals surface area contributed by atoms with Gasteiger partial charge in [0.05, 0.1) is 0 Å². The summed E-state index contributed by atoms with van der Waals surface area (Å²) < 4.78 is 26.9. The number of rotatable bonds is 6. The van der Waals surface area contributed by atoms with Gasteiger partial charge < -0.3 is 5.11 Å². The van der Waals surface area contributed by atoms with Crippen LogP contribution in [0.1, 0.15) is 19.3 Å². The molecule has 12 heavy (non-hydrogen) atoms. The zero-order valence-electron chi connectivity index (χ0n) is 6.78. The van der Waals surface area contributed by atoms with E-state index in [1.807, 2.05) is 0 Å². The van der Waals surface area contributed by atoms with Gasteiger partial charge in [0.25, 0.3) is 10.2 Å². The fourth-order valence-corrected chi connectivity index (χ4v) is 1.92. The Hall–Kier alpha value is -0.170. The number of hydrogen-bond donors (Lipinski definition) is 3. The van der Waals surface area contributed by atoms with Crippen LogP contribution in [0.2, 0.25) is 0 Å². The van der Waals surface area contributed by atoms with E-state index in [2.05, 4.69) is 9.44 Å². The van der Waals surface area contributed by atoms with E-state index in [1.54, 1.807) is 0 Å². The fourth-order valence-electron chi connectivity index (χ4n) is 0.748. The average Bonchev–Trinajstić information content (AvgIpc) is 2.71. The van der Waals surface area contributed by atoms with Gasteiger partial charge in [0.15, 0.2) is 0 Å². The maximum absolute atomic E-state index is 11.1. The highest BCUT2D eigenvalue weighted by Gasteiger charge is 2.26. The van der Waals surface area contributed by atoms with Gasteiger partial charge >= 0.3 is 0 Å². The van der Waals surface area contributed by atoms with Crippen molar-refractivity contribution in [3.63, 3.8) is 0 Å². The maximum atomic E-state index is 11.1. The lowest BCUT2D eigenvalue weighted by Gasteiger charge is -2.05. The van der Waals surface area contributed by atoms with Crippen LogP contribution in [0.15, 0.2) is 0 Å². The molecule has 0 aromatic rings. The lowest BCUT2D eigenvalue weighted by atomic mass is 10.5. The van der Waals surface area contributed by atoms with E-state index in [4.69, 9.17) is 5.11 Å². The van der Waals surface area contributed by atoms with Gasteiger partial charge in [0.2, 0.25) is 0 Å². The van der Waals surface area contributed by atoms with Crippen molar-refractivity contribution >= 4 is 10.2 Å². The Morgan fingerprint density at radius 1 is 1.42 bits per heavy atom. The van der Waals surface area contributed by atoms with E-state index >= 15 is 0 Å². The van der Waals surface area contributed by atoms with E-state index in [9.17, 15) is 8.42 Å². The summed E-state index contributed by atoms with van der Waals surface area (Å²) in [6.45, 7) is 0.296. The van der Waals surface area contributed by atoms with Crippen LogP contribution >= 0.6 is 0 Å². The van der Waals surface area contributed by atoms with Crippen molar-refractivity contribution in [3.05, 3.63) is 0 Å². The van der Waals surface area contributed by atoms with Gasteiger partial charge in [-0.3, -0.25) is 0 Å². The Kier molecular flexibility index (Phi) is 3.45. The quantitative estimate of drug-likeness (QED) is 0.472. The zero-order chi connectivity index (χ0) is 9.03. The van der Waals surface area contributed by atoms with Gasteiger partial charge in [-0.15, -0.1) is 0 Å². The molecule has 1 aliphatic rings. The second-order valence-electron chi connectivity index (χ2n) is 2.87. The molecule has 1 fully saturated rings. The van der Waals surface area contributed by atoms with Crippen molar-refractivity contribution < 1.29 is 13.5 Å². The van der Waals surface area contributed by atoms with Crippen molar-refractivity contribution in [3.8, 4) is 0 Å². The molecule has 0 saturated heterocycles. The topological polar surface area (TPSA) is 78.4 Å². The van der Waals surface area contributed by atoms with Crippen LogP contribution in [-0.2, 0) is 10.2 Å². The number of hydrogen-bond acceptors (Lipinski definition) is 3. The maximum Gasteiger partial charge on any atom is 0.277 e. The average molecular weight is 194 g/mol. The van der Waals surface area contributed by atoms with Crippen molar-refractivity contribution in [2.75, 3.05) is 13.2 Å². The first-order valence-electron chi connectivity index (χ1n) is 4.02. The Morgan fingerprint density at radius 3 is 2.58 bits per heavy atom. The van der Waals surface area contributed by atoms with Crippen molar-refractivity contribution in [2.24, 2.45) is 0 Å². The summed E-state index contributed by atoms with van der Waals surface area (Å²) in [5.74, 6) is 0. The second kappa shape index (κ2) is 4.18. The predicted octanol–water partition coefficient (Wildman–Crippen LogP) is -1.04. The third kappa shape index (κ3) is 4.01. The molecule has 72 valence electrons. The van der Waals surface area contributed by atoms with E-state index in [0.29, 0.717) is 13.0 Å². The largest absolute Gasteiger partial charge is 0.396 e. The van der Waals surface area contributed by atoms with Gasteiger partial charge in [0.1, 0.15) is 0 Å². The van der Waals surface area contributed by atoms with E-state index in [0.717, 1.165) is 12.8 Å². The van der Waals surface area contributed by atoms with E-state index in [1.165, 1.54) is 0 Å². The fraction of sp³-hybridized carbons (Fsp3) is 1.00. The van der Waals surface area contributed by atoms with Crippen molar-refractivity contribution in [1.82, 2.24) is 9.44 Å². The Labute approximate surface area is 72.3 Å². The van der Waals surface area contributed by atoms with Gasteiger partial charge in [-0.25, -0.2) is 4.72 Å². The molecule has 1 aliphatic carbocycles. The third-order valence-electron chi connectivity index (χ3n) is 1.53. The first-order valence-corrected chi connectivity index (χ1v) is 5.50. The van der Waals surface area contributed by atoms with Gasteiger partial charge in [0, 0.05) is 19.2 Å². The molecule has 0 heterocycles. The Morgan fingerprint density at radius 2 is 2.08 bits per heavy atom. The monoisotopic (exact) mass is 194 g/mol. The molecular weight excluding hydrogens is 180 g/mol. The van der Waals surface area contributed by atoms with E-state index in [-0.39, 0.29) is 12.6 Å². The lowest BCUT2D eigenvalue weighted by molar-refractivity contribution is 0.289. The number of nitrogens with one attached hydrogen (secondary N) is 2. The number of aliphatic hydroxyl groups excluding tert-OH is 1. The van der Waals surface area contributed by atoms with Crippen molar-refractivity contribution in [2.45, 2.75) is 25.3 Å². The minimum absolute atomic E-state index is 0.00590. The van der Waals surface area contributed by atoms with Gasteiger partial charge in [-0.2, -0.15) is 13.1 Å². The molecule has 0 aromatic heterocycles. The minimum atomic E-state index is -3.30. The second-order valence-corrected chi connectivity index (χ2v) is 4.40. The standard InChI is InChI=1S/C6H14N2O3S/c9-5-1-4-7-12(10,11)8-6-2-3-6/h6-9H,1-5H2. The van der Waals surface area contributed by atoms with Crippen LogP contribution in [0, 0.1) is 0 Å². The molecule has 0 spiro atoms. The molecule has 3 N–H and O–H groups in total. The Balaban J connectivity index is 2.17. The van der Waals surface area contributed by atoms with Crippen LogP contribution in [0.25, 0.3) is 0 Å². The molecule has 0 unspecified atom stereocenters.